The summed E-state index contributed by atoms with van der Waals surface area (Å²) >= 11 is 0. The Bertz CT molecular complexity index is 467. The van der Waals surface area contributed by atoms with Crippen LogP contribution in [-0.2, 0) is 4.79 Å². The predicted molar refractivity (Wildman–Crippen MR) is 87.1 cm³/mol. The second kappa shape index (κ2) is 8.15. The molecule has 5 heteroatoms. The normalized spacial score (nSPS) is 21.6. The molecule has 1 amide bonds. The third-order valence-electron chi connectivity index (χ3n) is 4.46. The van der Waals surface area contributed by atoms with Crippen molar-refractivity contribution >= 4 is 11.6 Å². The number of nitrogens with zero attached hydrogens (tertiary/aromatic N) is 1. The Labute approximate surface area is 132 Å². The van der Waals surface area contributed by atoms with Crippen LogP contribution in [0.2, 0.25) is 0 Å². The molecule has 1 aliphatic carbocycles. The van der Waals surface area contributed by atoms with Crippen LogP contribution in [0.25, 0.3) is 0 Å². The van der Waals surface area contributed by atoms with E-state index in [4.69, 9.17) is 4.74 Å². The number of hydrogen-bond acceptors (Lipinski definition) is 4. The number of carbonyl (C=O) groups is 1. The first-order valence-corrected chi connectivity index (χ1v) is 7.87. The monoisotopic (exact) mass is 306 g/mol. The van der Waals surface area contributed by atoms with Gasteiger partial charge in [0.15, 0.2) is 0 Å². The summed E-state index contributed by atoms with van der Waals surface area (Å²) in [6.07, 6.45) is 4.20. The second-order valence-electron chi connectivity index (χ2n) is 6.05. The molecule has 1 fully saturated rings. The van der Waals surface area contributed by atoms with E-state index in [2.05, 4.69) is 10.2 Å². The van der Waals surface area contributed by atoms with E-state index in [1.54, 1.807) is 7.11 Å². The highest BCUT2D eigenvalue weighted by atomic mass is 16.5. The van der Waals surface area contributed by atoms with Crippen LogP contribution in [0.3, 0.4) is 0 Å². The summed E-state index contributed by atoms with van der Waals surface area (Å²) in [6.45, 7) is 0.675. The van der Waals surface area contributed by atoms with Crippen LogP contribution >= 0.6 is 0 Å². The van der Waals surface area contributed by atoms with Crippen LogP contribution in [0.1, 0.15) is 25.7 Å². The summed E-state index contributed by atoms with van der Waals surface area (Å²) in [7, 11) is 3.62. The molecule has 0 aromatic heterocycles. The highest BCUT2D eigenvalue weighted by Crippen LogP contribution is 2.26. The first kappa shape index (κ1) is 16.8. The fourth-order valence-electron chi connectivity index (χ4n) is 3.00. The van der Waals surface area contributed by atoms with E-state index in [1.807, 2.05) is 31.3 Å². The van der Waals surface area contributed by atoms with Gasteiger partial charge >= 0.3 is 0 Å². The summed E-state index contributed by atoms with van der Waals surface area (Å²) in [5.41, 5.74) is 0.781. The van der Waals surface area contributed by atoms with E-state index in [0.717, 1.165) is 37.1 Å². The maximum absolute atomic E-state index is 12.1. The van der Waals surface area contributed by atoms with Gasteiger partial charge in [-0.05, 0) is 62.9 Å². The molecular weight excluding hydrogens is 280 g/mol. The smallest absolute Gasteiger partial charge is 0.238 e. The highest BCUT2D eigenvalue weighted by molar-refractivity contribution is 5.92. The van der Waals surface area contributed by atoms with Crippen molar-refractivity contribution < 1.29 is 14.6 Å². The summed E-state index contributed by atoms with van der Waals surface area (Å²) in [5.74, 6) is 1.21. The van der Waals surface area contributed by atoms with E-state index >= 15 is 0 Å². The van der Waals surface area contributed by atoms with Crippen LogP contribution in [0.5, 0.6) is 5.75 Å². The number of nitrogens with one attached hydrogen (secondary N) is 1. The number of carbonyl (C=O) groups excluding carboxylic acids is 1. The number of likely N-dealkylation sites (N-methyl/N-ethyl adjacent to an activating group) is 1. The Hall–Kier alpha value is -1.59. The number of benzene rings is 1. The summed E-state index contributed by atoms with van der Waals surface area (Å²) in [6, 6.07) is 7.77. The standard InChI is InChI=1S/C17H26N2O3/c1-19(15-7-3-13(12-20)4-8-15)11-17(21)18-14-5-9-16(22-2)10-6-14/h5-6,9-10,13,15,20H,3-4,7-8,11-12H2,1-2H3,(H,18,21). The molecule has 0 heterocycles. The average molecular weight is 306 g/mol. The third-order valence-corrected chi connectivity index (χ3v) is 4.46. The van der Waals surface area contributed by atoms with Crippen molar-refractivity contribution in [2.45, 2.75) is 31.7 Å². The van der Waals surface area contributed by atoms with Crippen molar-refractivity contribution in [3.05, 3.63) is 24.3 Å². The highest BCUT2D eigenvalue weighted by Gasteiger charge is 2.24. The predicted octanol–water partition coefficient (Wildman–Crippen LogP) is 2.12. The zero-order valence-electron chi connectivity index (χ0n) is 13.4. The van der Waals surface area contributed by atoms with Crippen LogP contribution in [0, 0.1) is 5.92 Å². The van der Waals surface area contributed by atoms with Gasteiger partial charge in [-0.15, -0.1) is 0 Å². The van der Waals surface area contributed by atoms with Gasteiger partial charge in [0.2, 0.25) is 5.91 Å². The average Bonchev–Trinajstić information content (AvgIpc) is 2.55. The largest absolute Gasteiger partial charge is 0.497 e. The molecule has 0 bridgehead atoms. The number of aliphatic hydroxyl groups is 1. The van der Waals surface area contributed by atoms with Gasteiger partial charge in [0.1, 0.15) is 5.75 Å². The number of hydrogen-bond donors (Lipinski definition) is 2. The minimum atomic E-state index is -0.00283. The molecule has 22 heavy (non-hydrogen) atoms. The molecule has 2 rings (SSSR count). The Morgan fingerprint density at radius 1 is 1.27 bits per heavy atom. The Kier molecular flexibility index (Phi) is 6.21. The third kappa shape index (κ3) is 4.71. The van der Waals surface area contributed by atoms with Gasteiger partial charge in [0.25, 0.3) is 0 Å². The van der Waals surface area contributed by atoms with Gasteiger partial charge in [-0.1, -0.05) is 0 Å². The molecule has 1 aliphatic rings. The maximum Gasteiger partial charge on any atom is 0.238 e. The summed E-state index contributed by atoms with van der Waals surface area (Å²) in [4.78, 5) is 14.2. The molecule has 1 aromatic carbocycles. The van der Waals surface area contributed by atoms with Gasteiger partial charge < -0.3 is 15.2 Å². The molecule has 5 nitrogen and oxygen atoms in total. The van der Waals surface area contributed by atoms with Gasteiger partial charge in [0, 0.05) is 18.3 Å². The van der Waals surface area contributed by atoms with Gasteiger partial charge in [-0.25, -0.2) is 0 Å². The Morgan fingerprint density at radius 3 is 2.45 bits per heavy atom. The van der Waals surface area contributed by atoms with Crippen molar-refractivity contribution in [2.75, 3.05) is 32.6 Å². The van der Waals surface area contributed by atoms with E-state index in [1.165, 1.54) is 0 Å². The summed E-state index contributed by atoms with van der Waals surface area (Å²) < 4.78 is 5.10. The molecule has 2 N–H and O–H groups in total. The second-order valence-corrected chi connectivity index (χ2v) is 6.05. The number of amides is 1. The number of anilines is 1. The van der Waals surface area contributed by atoms with Gasteiger partial charge in [-0.3, -0.25) is 9.69 Å². The van der Waals surface area contributed by atoms with Crippen molar-refractivity contribution in [1.29, 1.82) is 0 Å². The first-order valence-electron chi connectivity index (χ1n) is 7.87. The summed E-state index contributed by atoms with van der Waals surface area (Å²) in [5, 5.41) is 12.1. The minimum Gasteiger partial charge on any atom is -0.497 e. The van der Waals surface area contributed by atoms with Gasteiger partial charge in [-0.2, -0.15) is 0 Å². The lowest BCUT2D eigenvalue weighted by Gasteiger charge is -2.33. The zero-order valence-corrected chi connectivity index (χ0v) is 13.4. The number of methoxy groups -OCH3 is 1. The lowest BCUT2D eigenvalue weighted by molar-refractivity contribution is -0.117. The molecule has 122 valence electrons. The molecule has 0 atom stereocenters. The number of ether oxygens (including phenoxy) is 1. The van der Waals surface area contributed by atoms with E-state index < -0.39 is 0 Å². The van der Waals surface area contributed by atoms with Crippen LogP contribution in [0.15, 0.2) is 24.3 Å². The molecule has 0 unspecified atom stereocenters. The van der Waals surface area contributed by atoms with Crippen molar-refractivity contribution in [3.63, 3.8) is 0 Å². The molecule has 0 radical (unpaired) electrons. The topological polar surface area (TPSA) is 61.8 Å². The molecular formula is C17H26N2O3. The van der Waals surface area contributed by atoms with Crippen LogP contribution < -0.4 is 10.1 Å². The van der Waals surface area contributed by atoms with E-state index in [9.17, 15) is 9.90 Å². The number of aliphatic hydroxyl groups excluding tert-OH is 1. The Balaban J connectivity index is 1.78. The lowest BCUT2D eigenvalue weighted by Crippen LogP contribution is -2.40. The molecule has 0 aliphatic heterocycles. The minimum absolute atomic E-state index is 0.00283. The fraction of sp³-hybridized carbons (Fsp3) is 0.588. The fourth-order valence-corrected chi connectivity index (χ4v) is 3.00. The maximum atomic E-state index is 12.1. The molecule has 0 saturated heterocycles. The molecule has 1 aromatic rings. The number of rotatable bonds is 6. The van der Waals surface area contributed by atoms with E-state index in [0.29, 0.717) is 18.5 Å². The SMILES string of the molecule is COc1ccc(NC(=O)CN(C)C2CCC(CO)CC2)cc1. The van der Waals surface area contributed by atoms with Crippen molar-refractivity contribution in [1.82, 2.24) is 4.90 Å². The Morgan fingerprint density at radius 2 is 1.91 bits per heavy atom. The molecule has 1 saturated carbocycles. The van der Waals surface area contributed by atoms with Crippen molar-refractivity contribution in [3.8, 4) is 5.75 Å². The van der Waals surface area contributed by atoms with E-state index in [-0.39, 0.29) is 12.5 Å². The quantitative estimate of drug-likeness (QED) is 0.845. The zero-order chi connectivity index (χ0) is 15.9. The lowest BCUT2D eigenvalue weighted by atomic mass is 9.86. The molecule has 0 spiro atoms. The van der Waals surface area contributed by atoms with Crippen LogP contribution in [-0.4, -0.2) is 49.3 Å². The van der Waals surface area contributed by atoms with Gasteiger partial charge in [0.05, 0.1) is 13.7 Å². The van der Waals surface area contributed by atoms with Crippen LogP contribution in [0.4, 0.5) is 5.69 Å². The van der Waals surface area contributed by atoms with Crippen molar-refractivity contribution in [2.24, 2.45) is 5.92 Å². The first-order chi connectivity index (χ1) is 10.6.